The zero-order valence-corrected chi connectivity index (χ0v) is 18.2. The summed E-state index contributed by atoms with van der Waals surface area (Å²) in [5.41, 5.74) is 0.598. The average molecular weight is 428 g/mol. The molecule has 6 nitrogen and oxygen atoms in total. The summed E-state index contributed by atoms with van der Waals surface area (Å²) >= 11 is 1.35. The van der Waals surface area contributed by atoms with Crippen molar-refractivity contribution in [3.05, 3.63) is 34.6 Å². The first-order valence-corrected chi connectivity index (χ1v) is 12.0. The van der Waals surface area contributed by atoms with Crippen LogP contribution in [-0.2, 0) is 16.1 Å². The molecule has 0 spiro atoms. The van der Waals surface area contributed by atoms with Gasteiger partial charge in [-0.2, -0.15) is 0 Å². The van der Waals surface area contributed by atoms with Crippen molar-refractivity contribution < 1.29 is 9.53 Å². The maximum Gasteiger partial charge on any atom is 0.262 e. The van der Waals surface area contributed by atoms with E-state index in [0.717, 1.165) is 37.0 Å². The van der Waals surface area contributed by atoms with Crippen molar-refractivity contribution in [1.29, 1.82) is 0 Å². The van der Waals surface area contributed by atoms with Gasteiger partial charge in [0.25, 0.3) is 5.56 Å². The van der Waals surface area contributed by atoms with Crippen molar-refractivity contribution in [2.75, 3.05) is 19.5 Å². The van der Waals surface area contributed by atoms with Gasteiger partial charge in [0.1, 0.15) is 0 Å². The monoisotopic (exact) mass is 427 g/mol. The lowest BCUT2D eigenvalue weighted by atomic mass is 9.53. The fourth-order valence-electron chi connectivity index (χ4n) is 6.36. The summed E-state index contributed by atoms with van der Waals surface area (Å²) in [5.74, 6) is 2.73. The molecule has 4 aliphatic rings. The zero-order valence-electron chi connectivity index (χ0n) is 17.4. The van der Waals surface area contributed by atoms with E-state index >= 15 is 0 Å². The summed E-state index contributed by atoms with van der Waals surface area (Å²) in [6.07, 6.45) is 7.50. The smallest absolute Gasteiger partial charge is 0.262 e. The summed E-state index contributed by atoms with van der Waals surface area (Å²) in [6, 6.07) is 7.36. The molecule has 4 fully saturated rings. The van der Waals surface area contributed by atoms with Crippen molar-refractivity contribution in [2.24, 2.45) is 17.8 Å². The molecule has 0 radical (unpaired) electrons. The Morgan fingerprint density at radius 3 is 2.53 bits per heavy atom. The molecule has 4 bridgehead atoms. The number of carbonyl (C=O) groups is 1. The number of nitrogens with zero attached hydrogens (tertiary/aromatic N) is 2. The van der Waals surface area contributed by atoms with E-state index in [1.165, 1.54) is 31.0 Å². The van der Waals surface area contributed by atoms with Crippen LogP contribution in [0.3, 0.4) is 0 Å². The van der Waals surface area contributed by atoms with Crippen LogP contribution in [-0.4, -0.2) is 40.5 Å². The Labute approximate surface area is 180 Å². The fraction of sp³-hybridized carbons (Fsp3) is 0.609. The van der Waals surface area contributed by atoms with Crippen LogP contribution >= 0.6 is 11.8 Å². The molecular weight excluding hydrogens is 398 g/mol. The topological polar surface area (TPSA) is 73.2 Å². The lowest BCUT2D eigenvalue weighted by molar-refractivity contribution is -0.124. The third kappa shape index (κ3) is 3.78. The number of hydrogen-bond donors (Lipinski definition) is 1. The van der Waals surface area contributed by atoms with Crippen LogP contribution in [0.1, 0.15) is 38.5 Å². The van der Waals surface area contributed by atoms with Crippen molar-refractivity contribution in [2.45, 2.75) is 55.8 Å². The molecule has 30 heavy (non-hydrogen) atoms. The minimum Gasteiger partial charge on any atom is -0.383 e. The molecule has 1 N–H and O–H groups in total. The molecule has 4 saturated carbocycles. The molecule has 0 saturated heterocycles. The Bertz CT molecular complexity index is 983. The number of para-hydroxylation sites is 1. The van der Waals surface area contributed by atoms with Gasteiger partial charge in [0.15, 0.2) is 5.16 Å². The second-order valence-electron chi connectivity index (χ2n) is 9.40. The first kappa shape index (κ1) is 20.1. The number of amides is 1. The second-order valence-corrected chi connectivity index (χ2v) is 10.3. The van der Waals surface area contributed by atoms with Crippen LogP contribution in [0.4, 0.5) is 0 Å². The summed E-state index contributed by atoms with van der Waals surface area (Å²) in [6.45, 7) is 0.846. The first-order chi connectivity index (χ1) is 14.5. The third-order valence-electron chi connectivity index (χ3n) is 7.12. The number of thioether (sulfide) groups is 1. The number of rotatable bonds is 7. The number of fused-ring (bicyclic) bond motifs is 1. The predicted octanol–water partition coefficient (Wildman–Crippen LogP) is 3.22. The molecule has 7 heteroatoms. The van der Waals surface area contributed by atoms with Crippen LogP contribution in [0.2, 0.25) is 0 Å². The highest BCUT2D eigenvalue weighted by Crippen LogP contribution is 2.55. The van der Waals surface area contributed by atoms with E-state index in [0.29, 0.717) is 29.2 Å². The molecule has 4 aliphatic carbocycles. The van der Waals surface area contributed by atoms with Gasteiger partial charge in [-0.25, -0.2) is 4.98 Å². The summed E-state index contributed by atoms with van der Waals surface area (Å²) in [4.78, 5) is 30.5. The standard InChI is InChI=1S/C23H29N3O3S/c1-29-7-6-26-21(28)18-4-2-3-5-19(18)24-22(26)30-14-20(27)25-23-11-15-8-16(12-23)10-17(9-15)13-23/h2-5,15-17H,6-14H2,1H3,(H,25,27). The van der Waals surface area contributed by atoms with Gasteiger partial charge in [-0.3, -0.25) is 14.2 Å². The molecular formula is C23H29N3O3S. The minimum atomic E-state index is -0.0818. The zero-order chi connectivity index (χ0) is 20.7. The van der Waals surface area contributed by atoms with Crippen LogP contribution in [0, 0.1) is 17.8 Å². The van der Waals surface area contributed by atoms with Gasteiger partial charge in [0.05, 0.1) is 29.8 Å². The Morgan fingerprint density at radius 2 is 1.87 bits per heavy atom. The second kappa shape index (κ2) is 8.00. The predicted molar refractivity (Wildman–Crippen MR) is 118 cm³/mol. The fourth-order valence-corrected chi connectivity index (χ4v) is 7.19. The molecule has 1 aromatic heterocycles. The van der Waals surface area contributed by atoms with Crippen LogP contribution in [0.25, 0.3) is 10.9 Å². The van der Waals surface area contributed by atoms with Crippen molar-refractivity contribution in [3.8, 4) is 0 Å². The largest absolute Gasteiger partial charge is 0.383 e. The third-order valence-corrected chi connectivity index (χ3v) is 8.10. The number of benzene rings is 1. The van der Waals surface area contributed by atoms with Gasteiger partial charge in [0.2, 0.25) is 5.91 Å². The maximum atomic E-state index is 13.0. The van der Waals surface area contributed by atoms with Gasteiger partial charge in [-0.05, 0) is 68.4 Å². The molecule has 6 rings (SSSR count). The number of methoxy groups -OCH3 is 1. The highest BCUT2D eigenvalue weighted by atomic mass is 32.2. The van der Waals surface area contributed by atoms with Crippen LogP contribution in [0.15, 0.2) is 34.2 Å². The van der Waals surface area contributed by atoms with Gasteiger partial charge < -0.3 is 10.1 Å². The van der Waals surface area contributed by atoms with Crippen LogP contribution < -0.4 is 10.9 Å². The van der Waals surface area contributed by atoms with E-state index in [1.807, 2.05) is 18.2 Å². The maximum absolute atomic E-state index is 13.0. The van der Waals surface area contributed by atoms with Gasteiger partial charge in [0, 0.05) is 12.6 Å². The highest BCUT2D eigenvalue weighted by molar-refractivity contribution is 7.99. The Morgan fingerprint density at radius 1 is 1.20 bits per heavy atom. The van der Waals surface area contributed by atoms with E-state index in [-0.39, 0.29) is 22.8 Å². The minimum absolute atomic E-state index is 0.0128. The number of hydrogen-bond acceptors (Lipinski definition) is 5. The molecule has 1 amide bonds. The summed E-state index contributed by atoms with van der Waals surface area (Å²) in [7, 11) is 1.62. The van der Waals surface area contributed by atoms with E-state index in [9.17, 15) is 9.59 Å². The van der Waals surface area contributed by atoms with E-state index in [1.54, 1.807) is 17.7 Å². The molecule has 0 atom stereocenters. The van der Waals surface area contributed by atoms with E-state index < -0.39 is 0 Å². The Kier molecular flexibility index (Phi) is 5.35. The SMILES string of the molecule is COCCn1c(SCC(=O)NC23CC4CC(CC(C4)C2)C3)nc2ccccc2c1=O. The van der Waals surface area contributed by atoms with Crippen molar-refractivity contribution in [3.63, 3.8) is 0 Å². The lowest BCUT2D eigenvalue weighted by Crippen LogP contribution is -2.60. The van der Waals surface area contributed by atoms with Crippen molar-refractivity contribution >= 4 is 28.6 Å². The molecule has 0 unspecified atom stereocenters. The van der Waals surface area contributed by atoms with Gasteiger partial charge in [-0.15, -0.1) is 0 Å². The molecule has 1 aromatic carbocycles. The number of aromatic nitrogens is 2. The average Bonchev–Trinajstić information content (AvgIpc) is 2.70. The van der Waals surface area contributed by atoms with Gasteiger partial charge >= 0.3 is 0 Å². The number of nitrogens with one attached hydrogen (secondary N) is 1. The normalized spacial score (nSPS) is 29.4. The molecule has 0 aliphatic heterocycles. The summed E-state index contributed by atoms with van der Waals surface area (Å²) < 4.78 is 6.81. The highest BCUT2D eigenvalue weighted by Gasteiger charge is 2.51. The molecule has 1 heterocycles. The quantitative estimate of drug-likeness (QED) is 0.543. The Hall–Kier alpha value is -1.86. The van der Waals surface area contributed by atoms with E-state index in [4.69, 9.17) is 4.74 Å². The number of carbonyl (C=O) groups excluding carboxylic acids is 1. The summed E-state index contributed by atoms with van der Waals surface area (Å²) in [5, 5.41) is 4.58. The molecule has 2 aromatic rings. The van der Waals surface area contributed by atoms with Crippen molar-refractivity contribution in [1.82, 2.24) is 14.9 Å². The first-order valence-electron chi connectivity index (χ1n) is 11.0. The van der Waals surface area contributed by atoms with Crippen LogP contribution in [0.5, 0.6) is 0 Å². The number of ether oxygens (including phenoxy) is 1. The molecule has 160 valence electrons. The Balaban J connectivity index is 1.32. The lowest BCUT2D eigenvalue weighted by Gasteiger charge is -2.56. The van der Waals surface area contributed by atoms with Gasteiger partial charge in [-0.1, -0.05) is 23.9 Å². The van der Waals surface area contributed by atoms with E-state index in [2.05, 4.69) is 10.3 Å².